The summed E-state index contributed by atoms with van der Waals surface area (Å²) in [6.07, 6.45) is -4.74. The number of aryl methyl sites for hydroxylation is 1. The normalized spacial score (nSPS) is 11.7. The molecule has 0 aliphatic heterocycles. The van der Waals surface area contributed by atoms with Crippen LogP contribution in [0.3, 0.4) is 0 Å². The van der Waals surface area contributed by atoms with E-state index in [1.165, 1.54) is 0 Å². The Hall–Kier alpha value is -1.60. The summed E-state index contributed by atoms with van der Waals surface area (Å²) in [7, 11) is 1.04. The molecule has 0 spiro atoms. The molecule has 0 saturated carbocycles. The minimum Gasteiger partial charge on any atom is -0.542 e. The van der Waals surface area contributed by atoms with Crippen molar-refractivity contribution in [3.63, 3.8) is 0 Å². The minimum atomic E-state index is -4.74. The van der Waals surface area contributed by atoms with Crippen molar-refractivity contribution in [2.75, 3.05) is 0 Å². The predicted molar refractivity (Wildman–Crippen MR) is 30.3 cm³/mol. The summed E-state index contributed by atoms with van der Waals surface area (Å²) in [5.74, 6) is -4.15. The molecule has 72 valence electrons. The van der Waals surface area contributed by atoms with E-state index in [-0.39, 0.29) is 0 Å². The molecule has 0 aliphatic carbocycles. The van der Waals surface area contributed by atoms with Gasteiger partial charge in [0.2, 0.25) is 0 Å². The van der Waals surface area contributed by atoms with Crippen molar-refractivity contribution >= 4 is 5.97 Å². The Bertz CT molecular complexity index is 343. The zero-order chi connectivity index (χ0) is 10.2. The van der Waals surface area contributed by atoms with Crippen molar-refractivity contribution in [1.82, 2.24) is 14.8 Å². The van der Waals surface area contributed by atoms with Gasteiger partial charge in [-0.05, 0) is 0 Å². The van der Waals surface area contributed by atoms with Gasteiger partial charge in [-0.1, -0.05) is 0 Å². The van der Waals surface area contributed by atoms with Crippen molar-refractivity contribution in [3.05, 3.63) is 11.6 Å². The summed E-state index contributed by atoms with van der Waals surface area (Å²) in [4.78, 5) is 12.9. The molecular formula is C5H3F3N3O2-. The van der Waals surface area contributed by atoms with Crippen molar-refractivity contribution in [3.8, 4) is 0 Å². The monoisotopic (exact) mass is 194 g/mol. The minimum absolute atomic E-state index is 0.498. The third-order valence-corrected chi connectivity index (χ3v) is 1.20. The summed E-state index contributed by atoms with van der Waals surface area (Å²) in [5.41, 5.74) is 0. The fraction of sp³-hybridized carbons (Fsp3) is 0.400. The molecule has 0 aromatic carbocycles. The molecule has 8 heteroatoms. The number of carboxylic acid groups (broad SMARTS) is 1. The van der Waals surface area contributed by atoms with Gasteiger partial charge in [-0.15, -0.1) is 5.10 Å². The highest BCUT2D eigenvalue weighted by molar-refractivity contribution is 5.81. The Balaban J connectivity index is 3.17. The second-order valence-corrected chi connectivity index (χ2v) is 2.17. The first-order chi connectivity index (χ1) is 5.82. The third-order valence-electron chi connectivity index (χ3n) is 1.20. The molecule has 0 radical (unpaired) electrons. The maximum Gasteiger partial charge on any atom is 0.453 e. The molecule has 0 fully saturated rings. The van der Waals surface area contributed by atoms with Gasteiger partial charge in [0.15, 0.2) is 5.82 Å². The maximum absolute atomic E-state index is 11.9. The molecule has 1 aromatic rings. The van der Waals surface area contributed by atoms with Crippen LogP contribution in [-0.4, -0.2) is 20.7 Å². The number of alkyl halides is 3. The van der Waals surface area contributed by atoms with Crippen LogP contribution in [0.1, 0.15) is 16.4 Å². The standard InChI is InChI=1S/C5H4F3N3O2/c1-11-2(3(12)13)9-4(10-11)5(6,7)8/h1H3,(H,12,13)/p-1. The fourth-order valence-corrected chi connectivity index (χ4v) is 0.682. The first kappa shape index (κ1) is 9.49. The number of aromatic carboxylic acids is 1. The Labute approximate surface area is 69.8 Å². The van der Waals surface area contributed by atoms with E-state index in [1.807, 2.05) is 0 Å². The van der Waals surface area contributed by atoms with Crippen LogP contribution in [0.2, 0.25) is 0 Å². The lowest BCUT2D eigenvalue weighted by atomic mass is 10.6. The Morgan fingerprint density at radius 3 is 2.31 bits per heavy atom. The molecule has 0 aliphatic rings. The molecule has 5 nitrogen and oxygen atoms in total. The maximum atomic E-state index is 11.9. The van der Waals surface area contributed by atoms with Gasteiger partial charge in [0.1, 0.15) is 5.97 Å². The van der Waals surface area contributed by atoms with Gasteiger partial charge >= 0.3 is 6.18 Å². The SMILES string of the molecule is Cn1nc(C(F)(F)F)nc1C(=O)[O-]. The number of hydrogen-bond donors (Lipinski definition) is 0. The van der Waals surface area contributed by atoms with Crippen LogP contribution >= 0.6 is 0 Å². The first-order valence-corrected chi connectivity index (χ1v) is 3.02. The molecule has 0 N–H and O–H groups in total. The topological polar surface area (TPSA) is 70.8 Å². The van der Waals surface area contributed by atoms with Gasteiger partial charge in [0, 0.05) is 7.05 Å². The van der Waals surface area contributed by atoms with Crippen LogP contribution < -0.4 is 5.11 Å². The lowest BCUT2D eigenvalue weighted by Gasteiger charge is -1.97. The predicted octanol–water partition coefficient (Wildman–Crippen LogP) is -0.803. The second kappa shape index (κ2) is 2.71. The average molecular weight is 194 g/mol. The number of aromatic nitrogens is 3. The van der Waals surface area contributed by atoms with E-state index in [1.54, 1.807) is 0 Å². The highest BCUT2D eigenvalue weighted by Crippen LogP contribution is 2.25. The number of carbonyl (C=O) groups excluding carboxylic acids is 1. The molecule has 0 unspecified atom stereocenters. The lowest BCUT2D eigenvalue weighted by molar-refractivity contribution is -0.256. The molecule has 0 bridgehead atoms. The number of halogens is 3. The third kappa shape index (κ3) is 1.76. The van der Waals surface area contributed by atoms with Crippen LogP contribution in [0.4, 0.5) is 13.2 Å². The van der Waals surface area contributed by atoms with E-state index in [9.17, 15) is 23.1 Å². The van der Waals surface area contributed by atoms with E-state index in [0.717, 1.165) is 7.05 Å². The smallest absolute Gasteiger partial charge is 0.453 e. The van der Waals surface area contributed by atoms with Gasteiger partial charge in [0.05, 0.1) is 0 Å². The van der Waals surface area contributed by atoms with Crippen molar-refractivity contribution in [2.24, 2.45) is 7.05 Å². The van der Waals surface area contributed by atoms with E-state index < -0.39 is 23.8 Å². The largest absolute Gasteiger partial charge is 0.542 e. The van der Waals surface area contributed by atoms with Gasteiger partial charge in [-0.25, -0.2) is 9.67 Å². The molecule has 1 heterocycles. The summed E-state index contributed by atoms with van der Waals surface area (Å²) in [5, 5.41) is 13.0. The summed E-state index contributed by atoms with van der Waals surface area (Å²) in [6, 6.07) is 0. The van der Waals surface area contributed by atoms with E-state index in [4.69, 9.17) is 0 Å². The molecule has 13 heavy (non-hydrogen) atoms. The van der Waals surface area contributed by atoms with Gasteiger partial charge in [-0.3, -0.25) is 0 Å². The molecule has 0 amide bonds. The number of hydrogen-bond acceptors (Lipinski definition) is 4. The highest BCUT2D eigenvalue weighted by Gasteiger charge is 2.36. The molecule has 0 atom stereocenters. The zero-order valence-corrected chi connectivity index (χ0v) is 6.29. The molecule has 0 saturated heterocycles. The fourth-order valence-electron chi connectivity index (χ4n) is 0.682. The van der Waals surface area contributed by atoms with E-state index in [2.05, 4.69) is 10.1 Å². The molecular weight excluding hydrogens is 191 g/mol. The Morgan fingerprint density at radius 2 is 2.08 bits per heavy atom. The van der Waals surface area contributed by atoms with E-state index in [0.29, 0.717) is 4.68 Å². The van der Waals surface area contributed by atoms with Gasteiger partial charge in [-0.2, -0.15) is 13.2 Å². The van der Waals surface area contributed by atoms with Gasteiger partial charge in [0.25, 0.3) is 5.82 Å². The summed E-state index contributed by atoms with van der Waals surface area (Å²) >= 11 is 0. The van der Waals surface area contributed by atoms with Crippen LogP contribution in [0.15, 0.2) is 0 Å². The highest BCUT2D eigenvalue weighted by atomic mass is 19.4. The number of carboxylic acids is 1. The summed E-state index contributed by atoms with van der Waals surface area (Å²) < 4.78 is 36.2. The van der Waals surface area contributed by atoms with Crippen LogP contribution in [0.5, 0.6) is 0 Å². The van der Waals surface area contributed by atoms with Crippen molar-refractivity contribution in [1.29, 1.82) is 0 Å². The quantitative estimate of drug-likeness (QED) is 0.586. The molecule has 1 aromatic heterocycles. The number of nitrogens with zero attached hydrogens (tertiary/aromatic N) is 3. The Kier molecular flexibility index (Phi) is 1.98. The van der Waals surface area contributed by atoms with Crippen LogP contribution in [-0.2, 0) is 13.2 Å². The number of rotatable bonds is 1. The Morgan fingerprint density at radius 1 is 1.54 bits per heavy atom. The van der Waals surface area contributed by atoms with Crippen molar-refractivity contribution in [2.45, 2.75) is 6.18 Å². The van der Waals surface area contributed by atoms with Gasteiger partial charge < -0.3 is 9.90 Å². The average Bonchev–Trinajstić information content (AvgIpc) is 2.29. The van der Waals surface area contributed by atoms with Crippen LogP contribution in [0.25, 0.3) is 0 Å². The lowest BCUT2D eigenvalue weighted by Crippen LogP contribution is -2.26. The number of carbonyl (C=O) groups is 1. The van der Waals surface area contributed by atoms with E-state index >= 15 is 0 Å². The first-order valence-electron chi connectivity index (χ1n) is 3.02. The van der Waals surface area contributed by atoms with Crippen LogP contribution in [0, 0.1) is 0 Å². The zero-order valence-electron chi connectivity index (χ0n) is 6.29. The van der Waals surface area contributed by atoms with Crippen molar-refractivity contribution < 1.29 is 23.1 Å². The second-order valence-electron chi connectivity index (χ2n) is 2.17. The molecule has 1 rings (SSSR count). The summed E-state index contributed by atoms with van der Waals surface area (Å²) in [6.45, 7) is 0.